The molecule has 0 bridgehead atoms. The van der Waals surface area contributed by atoms with Crippen molar-refractivity contribution in [1.29, 1.82) is 0 Å². The van der Waals surface area contributed by atoms with Gasteiger partial charge in [0.05, 0.1) is 5.69 Å². The Hall–Kier alpha value is -1.73. The summed E-state index contributed by atoms with van der Waals surface area (Å²) in [6.45, 7) is 6.42. The van der Waals surface area contributed by atoms with E-state index in [4.69, 9.17) is 0 Å². The Bertz CT molecular complexity index is 798. The Balaban J connectivity index is 0.00000338. The van der Waals surface area contributed by atoms with Crippen molar-refractivity contribution in [2.75, 3.05) is 23.8 Å². The van der Waals surface area contributed by atoms with E-state index in [1.165, 1.54) is 6.92 Å². The molecule has 0 fully saturated rings. The molecule has 0 aliphatic carbocycles. The number of aryl methyl sites for hydroxylation is 1. The van der Waals surface area contributed by atoms with Crippen LogP contribution < -0.4 is 10.2 Å². The summed E-state index contributed by atoms with van der Waals surface area (Å²) in [6, 6.07) is 9.67. The van der Waals surface area contributed by atoms with Crippen molar-refractivity contribution < 1.29 is 4.79 Å². The van der Waals surface area contributed by atoms with Crippen molar-refractivity contribution in [3.63, 3.8) is 0 Å². The molecule has 0 spiro atoms. The fourth-order valence-corrected chi connectivity index (χ4v) is 3.79. The third-order valence-electron chi connectivity index (χ3n) is 3.62. The molecule has 26 heavy (non-hydrogen) atoms. The highest BCUT2D eigenvalue weighted by Crippen LogP contribution is 2.37. The smallest absolute Gasteiger partial charge is 0.221 e. The SMILES string of the molecule is C.CCN(C)c1ccc(N=Nc2c(Br)cc(C)cc2Br)c(NC(C)=O)c1. The Morgan fingerprint density at radius 1 is 1.15 bits per heavy atom. The van der Waals surface area contributed by atoms with E-state index in [2.05, 4.69) is 59.2 Å². The third-order valence-corrected chi connectivity index (χ3v) is 4.83. The molecule has 2 aromatic rings. The first-order chi connectivity index (χ1) is 11.8. The molecular formula is C19H24Br2N4O. The van der Waals surface area contributed by atoms with Crippen molar-refractivity contribution in [1.82, 2.24) is 0 Å². The molecule has 5 nitrogen and oxygen atoms in total. The number of azo groups is 1. The molecule has 0 saturated carbocycles. The molecule has 2 aromatic carbocycles. The van der Waals surface area contributed by atoms with E-state index in [1.54, 1.807) is 0 Å². The maximum atomic E-state index is 11.5. The maximum absolute atomic E-state index is 11.5. The highest BCUT2D eigenvalue weighted by molar-refractivity contribution is 9.11. The van der Waals surface area contributed by atoms with Crippen LogP contribution in [0.5, 0.6) is 0 Å². The van der Waals surface area contributed by atoms with E-state index in [0.29, 0.717) is 17.1 Å². The van der Waals surface area contributed by atoms with Crippen LogP contribution in [0.2, 0.25) is 0 Å². The lowest BCUT2D eigenvalue weighted by Gasteiger charge is -2.18. The van der Waals surface area contributed by atoms with Gasteiger partial charge in [-0.15, -0.1) is 10.2 Å². The Morgan fingerprint density at radius 2 is 1.77 bits per heavy atom. The van der Waals surface area contributed by atoms with Gasteiger partial charge in [0, 0.05) is 35.1 Å². The van der Waals surface area contributed by atoms with E-state index in [0.717, 1.165) is 26.7 Å². The van der Waals surface area contributed by atoms with Crippen LogP contribution in [0.4, 0.5) is 22.7 Å². The number of carbonyl (C=O) groups excluding carboxylic acids is 1. The molecular weight excluding hydrogens is 460 g/mol. The van der Waals surface area contributed by atoms with Gasteiger partial charge in [0.1, 0.15) is 11.4 Å². The number of hydrogen-bond acceptors (Lipinski definition) is 4. The fourth-order valence-electron chi connectivity index (χ4n) is 2.21. The zero-order valence-corrected chi connectivity index (χ0v) is 17.8. The molecule has 140 valence electrons. The van der Waals surface area contributed by atoms with Crippen LogP contribution in [0.1, 0.15) is 26.8 Å². The molecule has 0 unspecified atom stereocenters. The van der Waals surface area contributed by atoms with Crippen LogP contribution in [0, 0.1) is 6.92 Å². The van der Waals surface area contributed by atoms with Gasteiger partial charge in [-0.3, -0.25) is 4.79 Å². The van der Waals surface area contributed by atoms with Gasteiger partial charge in [-0.25, -0.2) is 0 Å². The number of halogens is 2. The van der Waals surface area contributed by atoms with Gasteiger partial charge in [0.25, 0.3) is 0 Å². The fraction of sp³-hybridized carbons (Fsp3) is 0.316. The second kappa shape index (κ2) is 9.83. The number of rotatable bonds is 5. The zero-order chi connectivity index (χ0) is 18.6. The van der Waals surface area contributed by atoms with Gasteiger partial charge in [0.15, 0.2) is 0 Å². The molecule has 7 heteroatoms. The standard InChI is InChI=1S/C18H20Br2N4O.CH4/c1-5-24(4)13-6-7-16(17(10-13)21-12(3)25)22-23-18-14(19)8-11(2)9-15(18)20;/h6-10H,5H2,1-4H3,(H,21,25);1H4. The second-order valence-electron chi connectivity index (χ2n) is 5.67. The summed E-state index contributed by atoms with van der Waals surface area (Å²) in [4.78, 5) is 13.6. The first-order valence-corrected chi connectivity index (χ1v) is 9.40. The maximum Gasteiger partial charge on any atom is 0.221 e. The zero-order valence-electron chi connectivity index (χ0n) is 14.6. The van der Waals surface area contributed by atoms with Gasteiger partial charge in [-0.05, 0) is 81.6 Å². The van der Waals surface area contributed by atoms with Crippen molar-refractivity contribution in [2.24, 2.45) is 10.2 Å². The van der Waals surface area contributed by atoms with Crippen LogP contribution in [-0.4, -0.2) is 19.5 Å². The summed E-state index contributed by atoms with van der Waals surface area (Å²) in [6.07, 6.45) is 0. The minimum atomic E-state index is -0.148. The summed E-state index contributed by atoms with van der Waals surface area (Å²) in [5.74, 6) is -0.148. The molecule has 0 saturated heterocycles. The average molecular weight is 484 g/mol. The normalized spacial score (nSPS) is 10.5. The number of benzene rings is 2. The van der Waals surface area contributed by atoms with Crippen LogP contribution in [0.25, 0.3) is 0 Å². The summed E-state index contributed by atoms with van der Waals surface area (Å²) in [7, 11) is 1.99. The molecule has 2 rings (SSSR count). The molecule has 0 radical (unpaired) electrons. The number of carbonyl (C=O) groups is 1. The van der Waals surface area contributed by atoms with Crippen molar-refractivity contribution in [3.8, 4) is 0 Å². The predicted molar refractivity (Wildman–Crippen MR) is 117 cm³/mol. The van der Waals surface area contributed by atoms with Gasteiger partial charge in [0.2, 0.25) is 5.91 Å². The summed E-state index contributed by atoms with van der Waals surface area (Å²) in [5.41, 5.74) is 4.05. The average Bonchev–Trinajstić information content (AvgIpc) is 2.53. The van der Waals surface area contributed by atoms with Gasteiger partial charge in [-0.2, -0.15) is 0 Å². The topological polar surface area (TPSA) is 57.1 Å². The van der Waals surface area contributed by atoms with Gasteiger partial charge in [-0.1, -0.05) is 7.43 Å². The Morgan fingerprint density at radius 3 is 2.31 bits per heavy atom. The summed E-state index contributed by atoms with van der Waals surface area (Å²) in [5, 5.41) is 11.5. The number of anilines is 2. The largest absolute Gasteiger partial charge is 0.375 e. The monoisotopic (exact) mass is 482 g/mol. The second-order valence-corrected chi connectivity index (χ2v) is 7.38. The number of nitrogens with one attached hydrogen (secondary N) is 1. The van der Waals surface area contributed by atoms with E-state index in [9.17, 15) is 4.79 Å². The van der Waals surface area contributed by atoms with Gasteiger partial charge >= 0.3 is 0 Å². The Kier molecular flexibility index (Phi) is 8.43. The lowest BCUT2D eigenvalue weighted by molar-refractivity contribution is -0.114. The minimum Gasteiger partial charge on any atom is -0.375 e. The molecule has 1 N–H and O–H groups in total. The van der Waals surface area contributed by atoms with E-state index in [1.807, 2.05) is 44.3 Å². The van der Waals surface area contributed by atoms with E-state index >= 15 is 0 Å². The number of hydrogen-bond donors (Lipinski definition) is 1. The summed E-state index contributed by atoms with van der Waals surface area (Å²) < 4.78 is 1.71. The lowest BCUT2D eigenvalue weighted by atomic mass is 10.2. The first kappa shape index (κ1) is 22.3. The van der Waals surface area contributed by atoms with Crippen LogP contribution in [0.3, 0.4) is 0 Å². The molecule has 0 atom stereocenters. The molecule has 0 aromatic heterocycles. The van der Waals surface area contributed by atoms with Gasteiger partial charge < -0.3 is 10.2 Å². The van der Waals surface area contributed by atoms with E-state index in [-0.39, 0.29) is 13.3 Å². The number of amides is 1. The lowest BCUT2D eigenvalue weighted by Crippen LogP contribution is -2.16. The minimum absolute atomic E-state index is 0. The van der Waals surface area contributed by atoms with Crippen LogP contribution >= 0.6 is 31.9 Å². The molecule has 0 aliphatic rings. The molecule has 0 heterocycles. The molecule has 0 aliphatic heterocycles. The number of nitrogens with zero attached hydrogens (tertiary/aromatic N) is 3. The Labute approximate surface area is 172 Å². The molecule has 1 amide bonds. The van der Waals surface area contributed by atoms with Crippen molar-refractivity contribution in [2.45, 2.75) is 28.2 Å². The van der Waals surface area contributed by atoms with Crippen molar-refractivity contribution in [3.05, 3.63) is 44.8 Å². The highest BCUT2D eigenvalue weighted by atomic mass is 79.9. The summed E-state index contributed by atoms with van der Waals surface area (Å²) >= 11 is 7.02. The van der Waals surface area contributed by atoms with Crippen molar-refractivity contribution >= 4 is 60.5 Å². The third kappa shape index (κ3) is 5.64. The highest BCUT2D eigenvalue weighted by Gasteiger charge is 2.09. The van der Waals surface area contributed by atoms with E-state index < -0.39 is 0 Å². The van der Waals surface area contributed by atoms with Crippen LogP contribution in [-0.2, 0) is 4.79 Å². The first-order valence-electron chi connectivity index (χ1n) is 7.82. The quantitative estimate of drug-likeness (QED) is 0.466. The predicted octanol–water partition coefficient (Wildman–Crippen LogP) is 6.99. The van der Waals surface area contributed by atoms with Crippen LogP contribution in [0.15, 0.2) is 49.5 Å².